The number of anilines is 1. The summed E-state index contributed by atoms with van der Waals surface area (Å²) in [5, 5.41) is 10.4. The lowest BCUT2D eigenvalue weighted by Crippen LogP contribution is -2.60. The molecule has 1 aliphatic carbocycles. The largest absolute Gasteiger partial charge is 0.335 e. The van der Waals surface area contributed by atoms with Gasteiger partial charge in [0.25, 0.3) is 0 Å². The van der Waals surface area contributed by atoms with Crippen molar-refractivity contribution >= 4 is 34.9 Å². The van der Waals surface area contributed by atoms with Crippen molar-refractivity contribution in [2.45, 2.75) is 43.7 Å². The number of rotatable bonds is 2. The molecule has 1 aliphatic heterocycles. The van der Waals surface area contributed by atoms with Gasteiger partial charge in [-0.15, -0.1) is 0 Å². The van der Waals surface area contributed by atoms with Gasteiger partial charge in [0.05, 0.1) is 10.0 Å². The molecule has 1 saturated heterocycles. The number of benzene rings is 1. The van der Waals surface area contributed by atoms with Crippen LogP contribution in [0.3, 0.4) is 0 Å². The molecule has 1 aromatic carbocycles. The van der Waals surface area contributed by atoms with Crippen LogP contribution < -0.4 is 16.0 Å². The topological polar surface area (TPSA) is 53.2 Å². The predicted octanol–water partition coefficient (Wildman–Crippen LogP) is 3.79. The summed E-state index contributed by atoms with van der Waals surface area (Å²) in [5.41, 5.74) is 0.925. The highest BCUT2D eigenvalue weighted by molar-refractivity contribution is 6.42. The minimum atomic E-state index is -0.185. The van der Waals surface area contributed by atoms with Crippen molar-refractivity contribution < 1.29 is 4.79 Å². The molecule has 114 valence electrons. The van der Waals surface area contributed by atoms with Gasteiger partial charge in [0.15, 0.2) is 0 Å². The van der Waals surface area contributed by atoms with Crippen molar-refractivity contribution in [1.29, 1.82) is 0 Å². The van der Waals surface area contributed by atoms with Gasteiger partial charge in [-0.3, -0.25) is 0 Å². The maximum Gasteiger partial charge on any atom is 0.319 e. The van der Waals surface area contributed by atoms with E-state index < -0.39 is 0 Å². The minimum Gasteiger partial charge on any atom is -0.335 e. The van der Waals surface area contributed by atoms with Crippen LogP contribution in [0.1, 0.15) is 32.1 Å². The van der Waals surface area contributed by atoms with Crippen LogP contribution >= 0.6 is 23.2 Å². The Morgan fingerprint density at radius 3 is 2.76 bits per heavy atom. The smallest absolute Gasteiger partial charge is 0.319 e. The molecule has 1 unspecified atom stereocenters. The van der Waals surface area contributed by atoms with Gasteiger partial charge in [-0.2, -0.15) is 0 Å². The number of urea groups is 1. The normalized spacial score (nSPS) is 23.4. The zero-order valence-electron chi connectivity index (χ0n) is 11.7. The lowest BCUT2D eigenvalue weighted by molar-refractivity contribution is 0.122. The van der Waals surface area contributed by atoms with Gasteiger partial charge >= 0.3 is 6.03 Å². The van der Waals surface area contributed by atoms with E-state index in [0.29, 0.717) is 15.7 Å². The average Bonchev–Trinajstić information content (AvgIpc) is 2.41. The Morgan fingerprint density at radius 2 is 2.10 bits per heavy atom. The predicted molar refractivity (Wildman–Crippen MR) is 86.2 cm³/mol. The number of nitrogens with one attached hydrogen (secondary N) is 3. The maximum atomic E-state index is 12.1. The number of piperidine rings is 1. The number of carbonyl (C=O) groups excluding carboxylic acids is 1. The quantitative estimate of drug-likeness (QED) is 0.774. The van der Waals surface area contributed by atoms with Crippen molar-refractivity contribution in [2.24, 2.45) is 0 Å². The molecule has 1 aromatic rings. The Bertz CT molecular complexity index is 546. The molecule has 3 N–H and O–H groups in total. The van der Waals surface area contributed by atoms with Gasteiger partial charge < -0.3 is 16.0 Å². The van der Waals surface area contributed by atoms with E-state index in [2.05, 4.69) is 16.0 Å². The van der Waals surface area contributed by atoms with Crippen LogP contribution in [-0.4, -0.2) is 24.2 Å². The molecule has 3 rings (SSSR count). The number of carbonyl (C=O) groups is 1. The van der Waals surface area contributed by atoms with E-state index >= 15 is 0 Å². The van der Waals surface area contributed by atoms with Crippen LogP contribution in [0, 0.1) is 0 Å². The van der Waals surface area contributed by atoms with Gasteiger partial charge in [0, 0.05) is 17.3 Å². The summed E-state index contributed by atoms with van der Waals surface area (Å²) in [7, 11) is 0. The molecule has 2 amide bonds. The molecule has 0 radical (unpaired) electrons. The first kappa shape index (κ1) is 14.9. The van der Waals surface area contributed by atoms with Gasteiger partial charge in [0.1, 0.15) is 0 Å². The minimum absolute atomic E-state index is 0.185. The third kappa shape index (κ3) is 3.44. The van der Waals surface area contributed by atoms with Gasteiger partial charge in [0.2, 0.25) is 0 Å². The monoisotopic (exact) mass is 327 g/mol. The molecule has 2 aliphatic rings. The van der Waals surface area contributed by atoms with E-state index in [-0.39, 0.29) is 17.6 Å². The van der Waals surface area contributed by atoms with E-state index in [0.717, 1.165) is 19.4 Å². The zero-order valence-corrected chi connectivity index (χ0v) is 13.2. The van der Waals surface area contributed by atoms with Crippen molar-refractivity contribution in [3.8, 4) is 0 Å². The SMILES string of the molecule is O=C(Nc1ccc(Cl)c(Cl)c1)NC1CCNC2(CCC2)C1. The number of amides is 2. The lowest BCUT2D eigenvalue weighted by atomic mass is 9.70. The van der Waals surface area contributed by atoms with Crippen molar-refractivity contribution in [3.63, 3.8) is 0 Å². The molecule has 1 spiro atoms. The van der Waals surface area contributed by atoms with E-state index in [1.54, 1.807) is 18.2 Å². The van der Waals surface area contributed by atoms with Gasteiger partial charge in [-0.25, -0.2) is 4.79 Å². The molecule has 4 nitrogen and oxygen atoms in total. The molecule has 2 fully saturated rings. The maximum absolute atomic E-state index is 12.1. The number of hydrogen-bond donors (Lipinski definition) is 3. The highest BCUT2D eigenvalue weighted by atomic mass is 35.5. The molecule has 1 saturated carbocycles. The van der Waals surface area contributed by atoms with Crippen LogP contribution in [0.4, 0.5) is 10.5 Å². The molecule has 6 heteroatoms. The van der Waals surface area contributed by atoms with Crippen molar-refractivity contribution in [2.75, 3.05) is 11.9 Å². The van der Waals surface area contributed by atoms with Crippen LogP contribution in [0.2, 0.25) is 10.0 Å². The fourth-order valence-corrected chi connectivity index (χ4v) is 3.49. The average molecular weight is 328 g/mol. The van der Waals surface area contributed by atoms with E-state index in [1.807, 2.05) is 0 Å². The van der Waals surface area contributed by atoms with E-state index in [4.69, 9.17) is 23.2 Å². The van der Waals surface area contributed by atoms with E-state index in [1.165, 1.54) is 19.3 Å². The third-order valence-electron chi connectivity index (χ3n) is 4.45. The Morgan fingerprint density at radius 1 is 1.29 bits per heavy atom. The number of halogens is 2. The summed E-state index contributed by atoms with van der Waals surface area (Å²) in [6.45, 7) is 0.970. The Labute approximate surface area is 134 Å². The molecule has 0 aromatic heterocycles. The van der Waals surface area contributed by atoms with Crippen LogP contribution in [0.15, 0.2) is 18.2 Å². The standard InChI is InChI=1S/C15H19Cl2N3O/c16-12-3-2-10(8-13(12)17)19-14(21)20-11-4-7-18-15(9-11)5-1-6-15/h2-3,8,11,18H,1,4-7,9H2,(H2,19,20,21). The molecular formula is C15H19Cl2N3O. The Balaban J connectivity index is 1.55. The second-order valence-electron chi connectivity index (χ2n) is 5.98. The summed E-state index contributed by atoms with van der Waals surface area (Å²) < 4.78 is 0. The Kier molecular flexibility index (Phi) is 4.29. The van der Waals surface area contributed by atoms with Crippen LogP contribution in [0.25, 0.3) is 0 Å². The lowest BCUT2D eigenvalue weighted by Gasteiger charge is -2.48. The molecular weight excluding hydrogens is 309 g/mol. The number of hydrogen-bond acceptors (Lipinski definition) is 2. The van der Waals surface area contributed by atoms with Gasteiger partial charge in [-0.05, 0) is 56.8 Å². The second-order valence-corrected chi connectivity index (χ2v) is 6.79. The molecule has 1 atom stereocenters. The zero-order chi connectivity index (χ0) is 14.9. The fourth-order valence-electron chi connectivity index (χ4n) is 3.19. The van der Waals surface area contributed by atoms with E-state index in [9.17, 15) is 4.79 Å². The first-order valence-electron chi connectivity index (χ1n) is 7.34. The summed E-state index contributed by atoms with van der Waals surface area (Å²) in [4.78, 5) is 12.1. The van der Waals surface area contributed by atoms with Crippen molar-refractivity contribution in [1.82, 2.24) is 10.6 Å². The van der Waals surface area contributed by atoms with Crippen molar-refractivity contribution in [3.05, 3.63) is 28.2 Å². The first-order chi connectivity index (χ1) is 10.1. The van der Waals surface area contributed by atoms with Crippen LogP contribution in [-0.2, 0) is 0 Å². The van der Waals surface area contributed by atoms with Gasteiger partial charge in [-0.1, -0.05) is 23.2 Å². The highest BCUT2D eigenvalue weighted by Crippen LogP contribution is 2.38. The first-order valence-corrected chi connectivity index (χ1v) is 8.10. The second kappa shape index (κ2) is 6.03. The summed E-state index contributed by atoms with van der Waals surface area (Å²) in [6, 6.07) is 5.11. The summed E-state index contributed by atoms with van der Waals surface area (Å²) in [5.74, 6) is 0. The molecule has 21 heavy (non-hydrogen) atoms. The fraction of sp³-hybridized carbons (Fsp3) is 0.533. The molecule has 0 bridgehead atoms. The highest BCUT2D eigenvalue weighted by Gasteiger charge is 2.41. The summed E-state index contributed by atoms with van der Waals surface area (Å²) in [6.07, 6.45) is 5.71. The molecule has 1 heterocycles. The van der Waals surface area contributed by atoms with Crippen LogP contribution in [0.5, 0.6) is 0 Å². The summed E-state index contributed by atoms with van der Waals surface area (Å²) >= 11 is 11.8. The third-order valence-corrected chi connectivity index (χ3v) is 5.19. The Hall–Kier alpha value is -0.970.